The number of quaternary nitrogens is 1. The van der Waals surface area contributed by atoms with Crippen molar-refractivity contribution in [2.75, 3.05) is 47.5 Å². The first-order valence-corrected chi connectivity index (χ1v) is 43.3. The van der Waals surface area contributed by atoms with Crippen molar-refractivity contribution in [3.8, 4) is 0 Å². The van der Waals surface area contributed by atoms with E-state index < -0.39 is 24.3 Å². The molecule has 0 saturated heterocycles. The molecule has 576 valence electrons. The van der Waals surface area contributed by atoms with Crippen LogP contribution in [0.15, 0.2) is 48.6 Å². The number of esters is 2. The lowest BCUT2D eigenvalue weighted by molar-refractivity contribution is -0.870. The highest BCUT2D eigenvalue weighted by Gasteiger charge is 2.22. The highest BCUT2D eigenvalue weighted by Crippen LogP contribution is 2.21. The van der Waals surface area contributed by atoms with E-state index in [-0.39, 0.29) is 32.2 Å². The quantitative estimate of drug-likeness (QED) is 0.0195. The number of aliphatic carboxylic acids is 1. The van der Waals surface area contributed by atoms with Crippen LogP contribution in [0.25, 0.3) is 0 Å². The minimum Gasteiger partial charge on any atom is -0.545 e. The zero-order chi connectivity index (χ0) is 71.1. The van der Waals surface area contributed by atoms with Gasteiger partial charge in [-0.2, -0.15) is 0 Å². The Hall–Kier alpha value is -2.75. The summed E-state index contributed by atoms with van der Waals surface area (Å²) >= 11 is 0. The molecule has 9 nitrogen and oxygen atoms in total. The molecule has 0 rings (SSSR count). The fourth-order valence-electron chi connectivity index (χ4n) is 13.3. The predicted octanol–water partition coefficient (Wildman–Crippen LogP) is 26.7. The lowest BCUT2D eigenvalue weighted by atomic mass is 10.0. The molecule has 0 aromatic rings. The van der Waals surface area contributed by atoms with Gasteiger partial charge >= 0.3 is 11.9 Å². The normalized spacial score (nSPS) is 12.8. The molecule has 2 atom stereocenters. The van der Waals surface area contributed by atoms with Gasteiger partial charge in [0.05, 0.1) is 40.3 Å². The molecule has 0 saturated carbocycles. The highest BCUT2D eigenvalue weighted by molar-refractivity contribution is 5.70. The maximum Gasteiger partial charge on any atom is 0.306 e. The van der Waals surface area contributed by atoms with E-state index >= 15 is 0 Å². The molecule has 2 unspecified atom stereocenters. The second-order valence-electron chi connectivity index (χ2n) is 30.8. The average Bonchev–Trinajstić information content (AvgIpc) is 1.26. The third-order valence-electron chi connectivity index (χ3n) is 19.8. The SMILES string of the molecule is CC/C=C\C/C=C\C/C=C\C/C=C\CCCCCCCCCCCCCCCCCCCCCCCCCCC(=O)OC(COC(=O)CCCCCCCCCCCCCCCCCCCCCCCCCCCCCCCCCCCCCC)COC(OCC[N+](C)(C)C)C(=O)[O-]. The largest absolute Gasteiger partial charge is 0.545 e. The Bertz CT molecular complexity index is 1750. The number of carboxylic acids is 1. The molecular weight excluding hydrogens is 1210 g/mol. The molecule has 0 bridgehead atoms. The summed E-state index contributed by atoms with van der Waals surface area (Å²) in [5, 5.41) is 11.9. The number of carbonyl (C=O) groups excluding carboxylic acids is 3. The molecule has 0 aliphatic heterocycles. The van der Waals surface area contributed by atoms with Crippen LogP contribution in [0.1, 0.15) is 444 Å². The number of hydrogen-bond donors (Lipinski definition) is 0. The number of carbonyl (C=O) groups is 3. The van der Waals surface area contributed by atoms with E-state index in [2.05, 4.69) is 62.5 Å². The van der Waals surface area contributed by atoms with E-state index in [4.69, 9.17) is 18.9 Å². The Balaban J connectivity index is 3.91. The summed E-state index contributed by atoms with van der Waals surface area (Å²) in [6, 6.07) is 0. The number of nitrogens with zero attached hydrogens (tertiary/aromatic N) is 1. The van der Waals surface area contributed by atoms with Crippen LogP contribution in [0, 0.1) is 0 Å². The summed E-state index contributed by atoms with van der Waals surface area (Å²) in [6.45, 7) is 4.73. The van der Waals surface area contributed by atoms with Crippen molar-refractivity contribution >= 4 is 17.9 Å². The van der Waals surface area contributed by atoms with Gasteiger partial charge in [-0.15, -0.1) is 0 Å². The summed E-state index contributed by atoms with van der Waals surface area (Å²) in [5.41, 5.74) is 0. The topological polar surface area (TPSA) is 111 Å². The van der Waals surface area contributed by atoms with E-state index in [9.17, 15) is 19.5 Å². The maximum absolute atomic E-state index is 13.0. The number of ether oxygens (including phenoxy) is 4. The molecule has 0 aliphatic carbocycles. The van der Waals surface area contributed by atoms with Gasteiger partial charge in [-0.05, 0) is 51.4 Å². The van der Waals surface area contributed by atoms with Crippen molar-refractivity contribution in [1.82, 2.24) is 0 Å². The fourth-order valence-corrected chi connectivity index (χ4v) is 13.3. The number of hydrogen-bond acceptors (Lipinski definition) is 8. The summed E-state index contributed by atoms with van der Waals surface area (Å²) in [5.74, 6) is -2.24. The Morgan fingerprint density at radius 1 is 0.316 bits per heavy atom. The van der Waals surface area contributed by atoms with Crippen molar-refractivity contribution in [2.45, 2.75) is 456 Å². The first kappa shape index (κ1) is 95.2. The van der Waals surface area contributed by atoms with Gasteiger partial charge in [-0.1, -0.05) is 428 Å². The number of likely N-dealkylation sites (N-methyl/N-ethyl adjacent to an activating group) is 1. The zero-order valence-electron chi connectivity index (χ0n) is 66.2. The van der Waals surface area contributed by atoms with Crippen molar-refractivity contribution in [3.63, 3.8) is 0 Å². The van der Waals surface area contributed by atoms with Crippen LogP contribution >= 0.6 is 0 Å². The molecule has 0 aliphatic rings. The summed E-state index contributed by atoms with van der Waals surface area (Å²) in [4.78, 5) is 37.7. The lowest BCUT2D eigenvalue weighted by Crippen LogP contribution is -2.44. The Morgan fingerprint density at radius 3 is 0.867 bits per heavy atom. The second-order valence-corrected chi connectivity index (χ2v) is 30.8. The van der Waals surface area contributed by atoms with E-state index in [1.807, 2.05) is 21.1 Å². The van der Waals surface area contributed by atoms with E-state index in [1.54, 1.807) is 0 Å². The smallest absolute Gasteiger partial charge is 0.306 e. The number of rotatable bonds is 82. The second kappa shape index (κ2) is 79.9. The van der Waals surface area contributed by atoms with Crippen molar-refractivity contribution < 1.29 is 42.9 Å². The van der Waals surface area contributed by atoms with Gasteiger partial charge in [0.15, 0.2) is 12.4 Å². The van der Waals surface area contributed by atoms with Crippen molar-refractivity contribution in [2.24, 2.45) is 0 Å². The van der Waals surface area contributed by atoms with Crippen LogP contribution in [-0.2, 0) is 33.3 Å². The molecule has 0 spiro atoms. The molecule has 0 amide bonds. The molecule has 98 heavy (non-hydrogen) atoms. The molecule has 0 N–H and O–H groups in total. The first-order chi connectivity index (χ1) is 48.1. The Kier molecular flexibility index (Phi) is 77.7. The monoisotopic (exact) mass is 1380 g/mol. The Morgan fingerprint density at radius 2 is 0.582 bits per heavy atom. The predicted molar refractivity (Wildman–Crippen MR) is 422 cm³/mol. The van der Waals surface area contributed by atoms with Crippen LogP contribution in [-0.4, -0.2) is 82.3 Å². The van der Waals surface area contributed by atoms with Crippen LogP contribution in [0.4, 0.5) is 0 Å². The van der Waals surface area contributed by atoms with Gasteiger partial charge < -0.3 is 33.3 Å². The summed E-state index contributed by atoms with van der Waals surface area (Å²) < 4.78 is 22.9. The van der Waals surface area contributed by atoms with Gasteiger partial charge in [0.1, 0.15) is 13.2 Å². The number of allylic oxidation sites excluding steroid dienone is 8. The Labute approximate surface area is 610 Å². The third-order valence-corrected chi connectivity index (χ3v) is 19.8. The van der Waals surface area contributed by atoms with E-state index in [0.29, 0.717) is 17.4 Å². The summed E-state index contributed by atoms with van der Waals surface area (Å²) in [6.07, 6.45) is 103. The fraction of sp³-hybridized carbons (Fsp3) is 0.876. The first-order valence-electron chi connectivity index (χ1n) is 43.3. The number of unbranched alkanes of at least 4 members (excludes halogenated alkanes) is 59. The van der Waals surface area contributed by atoms with E-state index in [0.717, 1.165) is 64.2 Å². The molecular formula is C89H167NO8. The molecule has 0 aromatic heterocycles. The van der Waals surface area contributed by atoms with Crippen molar-refractivity contribution in [1.29, 1.82) is 0 Å². The molecule has 0 radical (unpaired) electrons. The number of carboxylic acid groups (broad SMARTS) is 1. The van der Waals surface area contributed by atoms with Gasteiger partial charge in [0.25, 0.3) is 0 Å². The van der Waals surface area contributed by atoms with Gasteiger partial charge in [0.2, 0.25) is 0 Å². The molecule has 9 heteroatoms. The third kappa shape index (κ3) is 80.6. The van der Waals surface area contributed by atoms with Crippen LogP contribution in [0.2, 0.25) is 0 Å². The average molecular weight is 1380 g/mol. The maximum atomic E-state index is 13.0. The molecule has 0 aromatic carbocycles. The van der Waals surface area contributed by atoms with Gasteiger partial charge in [-0.25, -0.2) is 0 Å². The van der Waals surface area contributed by atoms with Crippen molar-refractivity contribution in [3.05, 3.63) is 48.6 Å². The standard InChI is InChI=1S/C89H167NO8/c1-6-8-10-12-14-16-18-20-22-24-26-28-30-32-34-36-38-40-42-44-46-48-50-52-54-56-58-60-62-64-66-68-70-72-74-76-78-80-87(92)98-85(84-97-89(88(93)94)95-82-81-90(3,4)5)83-96-86(91)79-77-75-73-71-69-67-65-63-61-59-57-55-53-51-49-47-45-43-41-39-37-35-33-31-29-27-25-23-21-19-17-15-13-11-9-7-2/h8,10,14,16,20,22,26,28,85,89H,6-7,9,11-13,15,17-19,21,23-25,27,29-84H2,1-5H3/b10-8-,16-14-,22-20-,28-26-. The highest BCUT2D eigenvalue weighted by atomic mass is 16.7. The van der Waals surface area contributed by atoms with Crippen LogP contribution in [0.5, 0.6) is 0 Å². The van der Waals surface area contributed by atoms with Gasteiger partial charge in [-0.3, -0.25) is 9.59 Å². The van der Waals surface area contributed by atoms with Crippen LogP contribution < -0.4 is 5.11 Å². The molecule has 0 heterocycles. The molecule has 0 fully saturated rings. The zero-order valence-corrected chi connectivity index (χ0v) is 66.2. The lowest BCUT2D eigenvalue weighted by Gasteiger charge is -2.26. The van der Waals surface area contributed by atoms with Gasteiger partial charge in [0, 0.05) is 12.8 Å². The minimum absolute atomic E-state index is 0.151. The summed E-state index contributed by atoms with van der Waals surface area (Å²) in [7, 11) is 5.96. The van der Waals surface area contributed by atoms with Crippen LogP contribution in [0.3, 0.4) is 0 Å². The van der Waals surface area contributed by atoms with E-state index in [1.165, 1.54) is 353 Å². The minimum atomic E-state index is -1.62.